The maximum absolute atomic E-state index is 12.9. The van der Waals surface area contributed by atoms with Crippen LogP contribution in [0.5, 0.6) is 0 Å². The van der Waals surface area contributed by atoms with Crippen LogP contribution < -0.4 is 4.90 Å². The minimum Gasteiger partial charge on any atom is -0.440 e. The first kappa shape index (κ1) is 22.2. The van der Waals surface area contributed by atoms with Crippen LogP contribution in [0.3, 0.4) is 0 Å². The van der Waals surface area contributed by atoms with Gasteiger partial charge in [-0.05, 0) is 18.2 Å². The summed E-state index contributed by atoms with van der Waals surface area (Å²) >= 11 is 6.13. The summed E-state index contributed by atoms with van der Waals surface area (Å²) in [6, 6.07) is 27.9. The van der Waals surface area contributed by atoms with Gasteiger partial charge in [0, 0.05) is 60.9 Å². The lowest BCUT2D eigenvalue weighted by molar-refractivity contribution is -0.131. The van der Waals surface area contributed by atoms with E-state index in [1.54, 1.807) is 0 Å². The summed E-state index contributed by atoms with van der Waals surface area (Å²) in [5.74, 6) is 1.46. The number of anilines is 1. The number of aromatic nitrogens is 1. The molecule has 0 radical (unpaired) electrons. The highest BCUT2D eigenvalue weighted by Crippen LogP contribution is 2.33. The summed E-state index contributed by atoms with van der Waals surface area (Å²) in [6.07, 6.45) is 0.847. The van der Waals surface area contributed by atoms with E-state index >= 15 is 0 Å². The largest absolute Gasteiger partial charge is 0.440 e. The van der Waals surface area contributed by atoms with Crippen molar-refractivity contribution >= 4 is 23.2 Å². The molecule has 1 aliphatic rings. The van der Waals surface area contributed by atoms with Gasteiger partial charge >= 0.3 is 0 Å². The zero-order valence-corrected chi connectivity index (χ0v) is 19.6. The normalized spacial score (nSPS) is 13.8. The lowest BCUT2D eigenvalue weighted by atomic mass is 10.1. The fourth-order valence-corrected chi connectivity index (χ4v) is 4.49. The monoisotopic (exact) mass is 471 g/mol. The fourth-order valence-electron chi connectivity index (χ4n) is 4.31. The van der Waals surface area contributed by atoms with Crippen LogP contribution in [0.1, 0.15) is 12.3 Å². The van der Waals surface area contributed by atoms with Crippen LogP contribution in [0.4, 0.5) is 5.69 Å². The van der Waals surface area contributed by atoms with Crippen LogP contribution in [0, 0.1) is 0 Å². The number of carbonyl (C=O) groups is 1. The Kier molecular flexibility index (Phi) is 6.63. The standard InChI is InChI=1S/C28H26ClN3O2/c29-23-12-7-13-24(20-23)31-16-18-32(19-17-31)26(33)15-14-25-30-27(21-8-3-1-4-9-21)28(34-25)22-10-5-2-6-11-22/h1-13,20H,14-19H2. The van der Waals surface area contributed by atoms with E-state index in [0.29, 0.717) is 31.8 Å². The van der Waals surface area contributed by atoms with Crippen LogP contribution in [0.2, 0.25) is 5.02 Å². The van der Waals surface area contributed by atoms with E-state index in [0.717, 1.165) is 46.4 Å². The molecule has 1 fully saturated rings. The highest BCUT2D eigenvalue weighted by molar-refractivity contribution is 6.30. The van der Waals surface area contributed by atoms with Gasteiger partial charge in [-0.15, -0.1) is 0 Å². The maximum Gasteiger partial charge on any atom is 0.223 e. The summed E-state index contributed by atoms with van der Waals surface area (Å²) in [6.45, 7) is 2.98. The van der Waals surface area contributed by atoms with E-state index in [9.17, 15) is 4.79 Å². The molecule has 172 valence electrons. The molecule has 0 aliphatic carbocycles. The second kappa shape index (κ2) is 10.1. The van der Waals surface area contributed by atoms with Crippen molar-refractivity contribution in [3.8, 4) is 22.6 Å². The van der Waals surface area contributed by atoms with Crippen LogP contribution in [0.15, 0.2) is 89.3 Å². The molecular weight excluding hydrogens is 446 g/mol. The number of aryl methyl sites for hydroxylation is 1. The van der Waals surface area contributed by atoms with Crippen molar-refractivity contribution in [1.82, 2.24) is 9.88 Å². The second-order valence-electron chi connectivity index (χ2n) is 8.37. The van der Waals surface area contributed by atoms with Crippen LogP contribution in [0.25, 0.3) is 22.6 Å². The number of carbonyl (C=O) groups excluding carboxylic acids is 1. The molecule has 0 saturated carbocycles. The van der Waals surface area contributed by atoms with Gasteiger partial charge in [-0.25, -0.2) is 4.98 Å². The number of hydrogen-bond acceptors (Lipinski definition) is 4. The minimum atomic E-state index is 0.131. The number of halogens is 1. The lowest BCUT2D eigenvalue weighted by Crippen LogP contribution is -2.48. The van der Waals surface area contributed by atoms with Gasteiger partial charge in [0.05, 0.1) is 0 Å². The smallest absolute Gasteiger partial charge is 0.223 e. The molecule has 6 heteroatoms. The summed E-state index contributed by atoms with van der Waals surface area (Å²) in [5.41, 5.74) is 3.88. The number of hydrogen-bond donors (Lipinski definition) is 0. The van der Waals surface area contributed by atoms with Gasteiger partial charge in [0.15, 0.2) is 11.7 Å². The molecule has 34 heavy (non-hydrogen) atoms. The number of amides is 1. The Morgan fingerprint density at radius 3 is 2.21 bits per heavy atom. The lowest BCUT2D eigenvalue weighted by Gasteiger charge is -2.36. The highest BCUT2D eigenvalue weighted by atomic mass is 35.5. The molecule has 5 rings (SSSR count). The van der Waals surface area contributed by atoms with Gasteiger partial charge < -0.3 is 14.2 Å². The third-order valence-electron chi connectivity index (χ3n) is 6.11. The molecule has 4 aromatic rings. The number of piperazine rings is 1. The van der Waals surface area contributed by atoms with E-state index in [-0.39, 0.29) is 5.91 Å². The molecule has 0 N–H and O–H groups in total. The fraction of sp³-hybridized carbons (Fsp3) is 0.214. The summed E-state index contributed by atoms with van der Waals surface area (Å²) in [5, 5.41) is 0.728. The van der Waals surface area contributed by atoms with Gasteiger partial charge in [0.1, 0.15) is 5.69 Å². The van der Waals surface area contributed by atoms with E-state index in [2.05, 4.69) is 11.0 Å². The molecule has 2 heterocycles. The van der Waals surface area contributed by atoms with Gasteiger partial charge in [-0.3, -0.25) is 4.79 Å². The molecule has 1 saturated heterocycles. The van der Waals surface area contributed by atoms with Crippen LogP contribution in [-0.2, 0) is 11.2 Å². The molecule has 0 atom stereocenters. The number of oxazole rings is 1. The SMILES string of the molecule is O=C(CCc1nc(-c2ccccc2)c(-c2ccccc2)o1)N1CCN(c2cccc(Cl)c2)CC1. The van der Waals surface area contributed by atoms with Crippen molar-refractivity contribution in [2.45, 2.75) is 12.8 Å². The molecule has 3 aromatic carbocycles. The Labute approximate surface area is 204 Å². The van der Waals surface area contributed by atoms with Crippen LogP contribution in [-0.4, -0.2) is 42.0 Å². The second-order valence-corrected chi connectivity index (χ2v) is 8.80. The molecule has 5 nitrogen and oxygen atoms in total. The van der Waals surface area contributed by atoms with E-state index in [4.69, 9.17) is 21.0 Å². The Hall–Kier alpha value is -3.57. The zero-order valence-electron chi connectivity index (χ0n) is 18.9. The van der Waals surface area contributed by atoms with Crippen molar-refractivity contribution in [3.05, 3.63) is 95.8 Å². The molecule has 1 aromatic heterocycles. The Morgan fingerprint density at radius 1 is 0.853 bits per heavy atom. The summed E-state index contributed by atoms with van der Waals surface area (Å²) in [7, 11) is 0. The van der Waals surface area contributed by atoms with Gasteiger partial charge in [0.2, 0.25) is 5.91 Å². The first-order valence-electron chi connectivity index (χ1n) is 11.6. The molecule has 0 bridgehead atoms. The molecule has 1 amide bonds. The summed E-state index contributed by atoms with van der Waals surface area (Å²) in [4.78, 5) is 21.9. The Bertz CT molecular complexity index is 1190. The van der Waals surface area contributed by atoms with Crippen molar-refractivity contribution in [3.63, 3.8) is 0 Å². The minimum absolute atomic E-state index is 0.131. The molecule has 0 unspecified atom stereocenters. The molecule has 0 spiro atoms. The quantitative estimate of drug-likeness (QED) is 0.349. The average molecular weight is 472 g/mol. The molecule has 1 aliphatic heterocycles. The third-order valence-corrected chi connectivity index (χ3v) is 6.35. The van der Waals surface area contributed by atoms with Crippen molar-refractivity contribution < 1.29 is 9.21 Å². The predicted octanol–water partition coefficient (Wildman–Crippen LogP) is 5.94. The van der Waals surface area contributed by atoms with Crippen molar-refractivity contribution in [1.29, 1.82) is 0 Å². The van der Waals surface area contributed by atoms with Crippen molar-refractivity contribution in [2.75, 3.05) is 31.1 Å². The number of nitrogens with zero attached hydrogens (tertiary/aromatic N) is 3. The number of benzene rings is 3. The topological polar surface area (TPSA) is 49.6 Å². The molecular formula is C28H26ClN3O2. The van der Waals surface area contributed by atoms with Gasteiger partial charge in [0.25, 0.3) is 0 Å². The van der Waals surface area contributed by atoms with Crippen LogP contribution >= 0.6 is 11.6 Å². The maximum atomic E-state index is 12.9. The summed E-state index contributed by atoms with van der Waals surface area (Å²) < 4.78 is 6.18. The van der Waals surface area contributed by atoms with Crippen molar-refractivity contribution in [2.24, 2.45) is 0 Å². The predicted molar refractivity (Wildman–Crippen MR) is 136 cm³/mol. The third kappa shape index (κ3) is 5.00. The van der Waals surface area contributed by atoms with Gasteiger partial charge in [-0.1, -0.05) is 78.3 Å². The average Bonchev–Trinajstić information content (AvgIpc) is 3.33. The van der Waals surface area contributed by atoms with E-state index in [1.165, 1.54) is 0 Å². The Balaban J connectivity index is 1.25. The highest BCUT2D eigenvalue weighted by Gasteiger charge is 2.23. The van der Waals surface area contributed by atoms with Gasteiger partial charge in [-0.2, -0.15) is 0 Å². The first-order valence-corrected chi connectivity index (χ1v) is 11.9. The van der Waals surface area contributed by atoms with E-state index < -0.39 is 0 Å². The van der Waals surface area contributed by atoms with E-state index in [1.807, 2.05) is 83.8 Å². The first-order chi connectivity index (χ1) is 16.7. The zero-order chi connectivity index (χ0) is 23.3. The Morgan fingerprint density at radius 2 is 1.53 bits per heavy atom. The number of rotatable bonds is 6.